The van der Waals surface area contributed by atoms with Crippen molar-refractivity contribution in [2.24, 2.45) is 0 Å². The van der Waals surface area contributed by atoms with Crippen LogP contribution in [-0.4, -0.2) is 25.0 Å². The first-order chi connectivity index (χ1) is 12.7. The van der Waals surface area contributed by atoms with Crippen molar-refractivity contribution in [1.29, 1.82) is 0 Å². The van der Waals surface area contributed by atoms with E-state index in [0.717, 1.165) is 42.1 Å². The molecule has 5 heteroatoms. The lowest BCUT2D eigenvalue weighted by Crippen LogP contribution is -2.35. The van der Waals surface area contributed by atoms with Gasteiger partial charge in [-0.05, 0) is 61.7 Å². The van der Waals surface area contributed by atoms with Gasteiger partial charge in [0.15, 0.2) is 0 Å². The van der Waals surface area contributed by atoms with E-state index in [9.17, 15) is 9.59 Å². The molecule has 1 aliphatic rings. The molecular weight excluding hydrogens is 328 g/mol. The maximum Gasteiger partial charge on any atom is 0.228 e. The van der Waals surface area contributed by atoms with Crippen LogP contribution in [0.1, 0.15) is 31.7 Å². The number of carbonyl (C=O) groups is 2. The van der Waals surface area contributed by atoms with E-state index in [1.807, 2.05) is 60.4 Å². The summed E-state index contributed by atoms with van der Waals surface area (Å²) in [4.78, 5) is 26.0. The smallest absolute Gasteiger partial charge is 0.228 e. The first-order valence-corrected chi connectivity index (χ1v) is 9.07. The van der Waals surface area contributed by atoms with Gasteiger partial charge < -0.3 is 15.0 Å². The molecular formula is C21H24N2O3. The fraction of sp³-hybridized carbons (Fsp3) is 0.333. The van der Waals surface area contributed by atoms with E-state index in [-0.39, 0.29) is 11.8 Å². The summed E-state index contributed by atoms with van der Waals surface area (Å²) in [6.07, 6.45) is 2.92. The van der Waals surface area contributed by atoms with Crippen LogP contribution < -0.4 is 15.0 Å². The van der Waals surface area contributed by atoms with E-state index < -0.39 is 0 Å². The maximum absolute atomic E-state index is 12.2. The Balaban J connectivity index is 1.56. The highest BCUT2D eigenvalue weighted by atomic mass is 16.5. The van der Waals surface area contributed by atoms with E-state index in [4.69, 9.17) is 4.74 Å². The zero-order valence-electron chi connectivity index (χ0n) is 15.0. The molecule has 3 rings (SSSR count). The minimum atomic E-state index is -0.0732. The molecule has 0 aromatic heterocycles. The third-order valence-electron chi connectivity index (χ3n) is 4.39. The summed E-state index contributed by atoms with van der Waals surface area (Å²) < 4.78 is 5.40. The van der Waals surface area contributed by atoms with Gasteiger partial charge in [-0.2, -0.15) is 0 Å². The Hall–Kier alpha value is -2.82. The van der Waals surface area contributed by atoms with Crippen molar-refractivity contribution in [2.75, 3.05) is 23.4 Å². The van der Waals surface area contributed by atoms with E-state index in [2.05, 4.69) is 5.32 Å². The number of anilines is 2. The molecule has 1 heterocycles. The van der Waals surface area contributed by atoms with Crippen LogP contribution in [0.3, 0.4) is 0 Å². The monoisotopic (exact) mass is 352 g/mol. The first-order valence-electron chi connectivity index (χ1n) is 9.07. The SMILES string of the molecule is CCOc1ccc(CC(=O)Nc2ccc(N3CCCCC3=O)cc2)cc1. The lowest BCUT2D eigenvalue weighted by atomic mass is 10.1. The van der Waals surface area contributed by atoms with Gasteiger partial charge in [-0.1, -0.05) is 12.1 Å². The number of nitrogens with zero attached hydrogens (tertiary/aromatic N) is 1. The number of benzene rings is 2. The average Bonchev–Trinajstić information content (AvgIpc) is 2.65. The average molecular weight is 352 g/mol. The Bertz CT molecular complexity index is 754. The molecule has 0 atom stereocenters. The molecule has 0 unspecified atom stereocenters. The normalized spacial score (nSPS) is 14.2. The van der Waals surface area contributed by atoms with Gasteiger partial charge in [-0.15, -0.1) is 0 Å². The van der Waals surface area contributed by atoms with E-state index in [1.54, 1.807) is 0 Å². The molecule has 0 bridgehead atoms. The summed E-state index contributed by atoms with van der Waals surface area (Å²) in [5, 5.41) is 2.90. The highest BCUT2D eigenvalue weighted by molar-refractivity contribution is 5.95. The standard InChI is InChI=1S/C21H24N2O3/c1-2-26-19-12-6-16(7-13-19)15-20(24)22-17-8-10-18(11-9-17)23-14-4-3-5-21(23)25/h6-13H,2-5,14-15H2,1H3,(H,22,24). The molecule has 1 fully saturated rings. The molecule has 136 valence electrons. The lowest BCUT2D eigenvalue weighted by molar-refractivity contribution is -0.119. The molecule has 1 saturated heterocycles. The molecule has 2 amide bonds. The summed E-state index contributed by atoms with van der Waals surface area (Å²) in [5.74, 6) is 0.902. The van der Waals surface area contributed by atoms with Crippen LogP contribution in [0, 0.1) is 0 Å². The van der Waals surface area contributed by atoms with Gasteiger partial charge >= 0.3 is 0 Å². The zero-order valence-corrected chi connectivity index (χ0v) is 15.0. The maximum atomic E-state index is 12.2. The molecule has 0 spiro atoms. The van der Waals surface area contributed by atoms with Gasteiger partial charge in [0.25, 0.3) is 0 Å². The van der Waals surface area contributed by atoms with Crippen molar-refractivity contribution >= 4 is 23.2 Å². The van der Waals surface area contributed by atoms with Crippen molar-refractivity contribution in [3.8, 4) is 5.75 Å². The zero-order chi connectivity index (χ0) is 18.4. The predicted octanol–water partition coefficient (Wildman–Crippen LogP) is 3.78. The molecule has 1 N–H and O–H groups in total. The minimum Gasteiger partial charge on any atom is -0.494 e. The predicted molar refractivity (Wildman–Crippen MR) is 103 cm³/mol. The summed E-state index contributed by atoms with van der Waals surface area (Å²) in [6.45, 7) is 3.33. The van der Waals surface area contributed by atoms with Gasteiger partial charge in [-0.25, -0.2) is 0 Å². The quantitative estimate of drug-likeness (QED) is 0.861. The fourth-order valence-corrected chi connectivity index (χ4v) is 3.06. The number of piperidine rings is 1. The fourth-order valence-electron chi connectivity index (χ4n) is 3.06. The Morgan fingerprint density at radius 1 is 1.08 bits per heavy atom. The van der Waals surface area contributed by atoms with Gasteiger partial charge in [0.1, 0.15) is 5.75 Å². The number of ether oxygens (including phenoxy) is 1. The second kappa shape index (κ2) is 8.52. The van der Waals surface area contributed by atoms with Crippen LogP contribution in [0.15, 0.2) is 48.5 Å². The van der Waals surface area contributed by atoms with Gasteiger partial charge in [0, 0.05) is 24.3 Å². The third-order valence-corrected chi connectivity index (χ3v) is 4.39. The minimum absolute atomic E-state index is 0.0732. The number of hydrogen-bond acceptors (Lipinski definition) is 3. The lowest BCUT2D eigenvalue weighted by Gasteiger charge is -2.26. The largest absolute Gasteiger partial charge is 0.494 e. The first kappa shape index (κ1) is 18.0. The molecule has 0 saturated carbocycles. The molecule has 2 aromatic carbocycles. The van der Waals surface area contributed by atoms with E-state index >= 15 is 0 Å². The van der Waals surface area contributed by atoms with Gasteiger partial charge in [0.2, 0.25) is 11.8 Å². The third kappa shape index (κ3) is 4.63. The summed E-state index contributed by atoms with van der Waals surface area (Å²) in [7, 11) is 0. The van der Waals surface area contributed by atoms with E-state index in [0.29, 0.717) is 19.4 Å². The molecule has 1 aliphatic heterocycles. The van der Waals surface area contributed by atoms with Crippen molar-refractivity contribution in [3.05, 3.63) is 54.1 Å². The summed E-state index contributed by atoms with van der Waals surface area (Å²) >= 11 is 0. The second-order valence-electron chi connectivity index (χ2n) is 6.35. The Morgan fingerprint density at radius 2 is 1.81 bits per heavy atom. The molecule has 0 aliphatic carbocycles. The second-order valence-corrected chi connectivity index (χ2v) is 6.35. The highest BCUT2D eigenvalue weighted by Crippen LogP contribution is 2.23. The van der Waals surface area contributed by atoms with Crippen LogP contribution in [0.25, 0.3) is 0 Å². The topological polar surface area (TPSA) is 58.6 Å². The van der Waals surface area contributed by atoms with Crippen molar-refractivity contribution in [2.45, 2.75) is 32.6 Å². The molecule has 2 aromatic rings. The van der Waals surface area contributed by atoms with E-state index in [1.165, 1.54) is 0 Å². The summed E-state index contributed by atoms with van der Waals surface area (Å²) in [6, 6.07) is 15.0. The number of rotatable bonds is 6. The van der Waals surface area contributed by atoms with Crippen molar-refractivity contribution in [1.82, 2.24) is 0 Å². The van der Waals surface area contributed by atoms with Crippen LogP contribution in [-0.2, 0) is 16.0 Å². The van der Waals surface area contributed by atoms with Crippen LogP contribution in [0.5, 0.6) is 5.75 Å². The number of nitrogens with one attached hydrogen (secondary N) is 1. The Kier molecular flexibility index (Phi) is 5.89. The number of carbonyl (C=O) groups excluding carboxylic acids is 2. The molecule has 0 radical (unpaired) electrons. The van der Waals surface area contributed by atoms with Crippen molar-refractivity contribution < 1.29 is 14.3 Å². The Morgan fingerprint density at radius 3 is 2.46 bits per heavy atom. The number of amides is 2. The van der Waals surface area contributed by atoms with Gasteiger partial charge in [0.05, 0.1) is 13.0 Å². The highest BCUT2D eigenvalue weighted by Gasteiger charge is 2.19. The molecule has 5 nitrogen and oxygen atoms in total. The number of hydrogen-bond donors (Lipinski definition) is 1. The van der Waals surface area contributed by atoms with Gasteiger partial charge in [-0.3, -0.25) is 9.59 Å². The van der Waals surface area contributed by atoms with Crippen molar-refractivity contribution in [3.63, 3.8) is 0 Å². The van der Waals surface area contributed by atoms with Crippen LogP contribution in [0.2, 0.25) is 0 Å². The summed E-state index contributed by atoms with van der Waals surface area (Å²) in [5.41, 5.74) is 2.55. The Labute approximate surface area is 154 Å². The van der Waals surface area contributed by atoms with Crippen LogP contribution in [0.4, 0.5) is 11.4 Å². The van der Waals surface area contributed by atoms with Crippen LogP contribution >= 0.6 is 0 Å². The molecule has 26 heavy (non-hydrogen) atoms.